The lowest BCUT2D eigenvalue weighted by Crippen LogP contribution is -2.24. The minimum Gasteiger partial charge on any atom is -0.468 e. The van der Waals surface area contributed by atoms with E-state index >= 15 is 0 Å². The van der Waals surface area contributed by atoms with Gasteiger partial charge in [0.1, 0.15) is 24.6 Å². The minimum atomic E-state index is -0.679. The van der Waals surface area contributed by atoms with Gasteiger partial charge in [0.2, 0.25) is 0 Å². The van der Waals surface area contributed by atoms with Crippen LogP contribution >= 0.6 is 0 Å². The second-order valence-corrected chi connectivity index (χ2v) is 4.96. The van der Waals surface area contributed by atoms with Crippen LogP contribution in [0.25, 0.3) is 0 Å². The lowest BCUT2D eigenvalue weighted by atomic mass is 9.89. The molecule has 2 rings (SSSR count). The molecule has 0 aliphatic rings. The molecule has 23 heavy (non-hydrogen) atoms. The van der Waals surface area contributed by atoms with E-state index in [0.717, 1.165) is 5.56 Å². The Morgan fingerprint density at radius 1 is 1.00 bits per heavy atom. The quantitative estimate of drug-likeness (QED) is 0.579. The van der Waals surface area contributed by atoms with Gasteiger partial charge < -0.3 is 14.2 Å². The summed E-state index contributed by atoms with van der Waals surface area (Å²) in [6, 6.07) is 15.0. The summed E-state index contributed by atoms with van der Waals surface area (Å²) in [4.78, 5) is 12.3. The number of benzene rings is 2. The van der Waals surface area contributed by atoms with Crippen LogP contribution in [0.2, 0.25) is 0 Å². The number of halogens is 1. The summed E-state index contributed by atoms with van der Waals surface area (Å²) < 4.78 is 28.8. The van der Waals surface area contributed by atoms with Gasteiger partial charge in [-0.25, -0.2) is 4.39 Å². The van der Waals surface area contributed by atoms with Gasteiger partial charge in [0.25, 0.3) is 0 Å². The third kappa shape index (κ3) is 4.37. The molecule has 0 saturated heterocycles. The van der Waals surface area contributed by atoms with Crippen LogP contribution < -0.4 is 0 Å². The van der Waals surface area contributed by atoms with Gasteiger partial charge in [0.15, 0.2) is 0 Å². The summed E-state index contributed by atoms with van der Waals surface area (Å²) in [5.74, 6) is -1.46. The maximum absolute atomic E-state index is 13.2. The maximum atomic E-state index is 13.2. The predicted octanol–water partition coefficient (Wildman–Crippen LogP) is 3.44. The Labute approximate surface area is 134 Å². The molecule has 0 bridgehead atoms. The second kappa shape index (κ2) is 8.41. The number of hydrogen-bond donors (Lipinski definition) is 0. The first kappa shape index (κ1) is 17.1. The highest BCUT2D eigenvalue weighted by atomic mass is 19.1. The SMILES string of the molecule is COCO[C@@H](c1ccc(F)cc1)[C@@H](C(=O)OC)c1ccccc1. The zero-order chi connectivity index (χ0) is 16.7. The van der Waals surface area contributed by atoms with Crippen molar-refractivity contribution in [3.05, 3.63) is 71.5 Å². The predicted molar refractivity (Wildman–Crippen MR) is 83.3 cm³/mol. The second-order valence-electron chi connectivity index (χ2n) is 4.96. The molecule has 0 aromatic heterocycles. The highest BCUT2D eigenvalue weighted by molar-refractivity contribution is 5.79. The molecule has 0 fully saturated rings. The maximum Gasteiger partial charge on any atom is 0.316 e. The topological polar surface area (TPSA) is 44.8 Å². The summed E-state index contributed by atoms with van der Waals surface area (Å²) >= 11 is 0. The van der Waals surface area contributed by atoms with Gasteiger partial charge in [-0.2, -0.15) is 0 Å². The molecule has 0 N–H and O–H groups in total. The van der Waals surface area contributed by atoms with E-state index in [-0.39, 0.29) is 12.6 Å². The van der Waals surface area contributed by atoms with E-state index in [1.807, 2.05) is 30.3 Å². The largest absolute Gasteiger partial charge is 0.468 e. The van der Waals surface area contributed by atoms with Crippen LogP contribution in [0, 0.1) is 5.82 Å². The highest BCUT2D eigenvalue weighted by Crippen LogP contribution is 2.35. The molecule has 0 aliphatic heterocycles. The van der Waals surface area contributed by atoms with E-state index in [9.17, 15) is 9.18 Å². The molecule has 2 atom stereocenters. The fourth-order valence-electron chi connectivity index (χ4n) is 2.40. The molecule has 2 aromatic rings. The van der Waals surface area contributed by atoms with E-state index in [0.29, 0.717) is 5.56 Å². The molecule has 0 radical (unpaired) electrons. The van der Waals surface area contributed by atoms with Gasteiger partial charge in [-0.15, -0.1) is 0 Å². The lowest BCUT2D eigenvalue weighted by Gasteiger charge is -2.26. The van der Waals surface area contributed by atoms with Crippen molar-refractivity contribution in [3.8, 4) is 0 Å². The van der Waals surface area contributed by atoms with E-state index < -0.39 is 18.0 Å². The molecule has 0 saturated carbocycles. The van der Waals surface area contributed by atoms with Gasteiger partial charge in [-0.05, 0) is 23.3 Å². The molecule has 2 aromatic carbocycles. The van der Waals surface area contributed by atoms with Crippen molar-refractivity contribution in [1.82, 2.24) is 0 Å². The first-order valence-corrected chi connectivity index (χ1v) is 7.16. The van der Waals surface area contributed by atoms with Crippen LogP contribution in [0.4, 0.5) is 4.39 Å². The average molecular weight is 318 g/mol. The van der Waals surface area contributed by atoms with Gasteiger partial charge in [-0.1, -0.05) is 42.5 Å². The summed E-state index contributed by atoms with van der Waals surface area (Å²) in [5, 5.41) is 0. The standard InChI is InChI=1S/C18H19FO4/c1-21-12-23-17(14-8-10-15(19)11-9-14)16(18(20)22-2)13-6-4-3-5-7-13/h3-11,16-17H,12H2,1-2H3/t16-,17-/m0/s1. The Kier molecular flexibility index (Phi) is 6.26. The van der Waals surface area contributed by atoms with E-state index in [2.05, 4.69) is 0 Å². The van der Waals surface area contributed by atoms with Crippen LogP contribution in [0.1, 0.15) is 23.1 Å². The van der Waals surface area contributed by atoms with Crippen molar-refractivity contribution >= 4 is 5.97 Å². The van der Waals surface area contributed by atoms with Crippen LogP contribution in [-0.2, 0) is 19.0 Å². The number of methoxy groups -OCH3 is 2. The lowest BCUT2D eigenvalue weighted by molar-refractivity contribution is -0.150. The molecular formula is C18H19FO4. The van der Waals surface area contributed by atoms with Crippen molar-refractivity contribution in [1.29, 1.82) is 0 Å². The monoisotopic (exact) mass is 318 g/mol. The number of hydrogen-bond acceptors (Lipinski definition) is 4. The molecular weight excluding hydrogens is 299 g/mol. The molecule has 0 heterocycles. The average Bonchev–Trinajstić information content (AvgIpc) is 2.59. The summed E-state index contributed by atoms with van der Waals surface area (Å²) in [6.07, 6.45) is -0.648. The van der Waals surface area contributed by atoms with Crippen LogP contribution in [0.5, 0.6) is 0 Å². The van der Waals surface area contributed by atoms with Gasteiger partial charge >= 0.3 is 5.97 Å². The molecule has 4 nitrogen and oxygen atoms in total. The molecule has 122 valence electrons. The third-order valence-electron chi connectivity index (χ3n) is 3.48. The molecule has 0 spiro atoms. The normalized spacial score (nSPS) is 13.3. The van der Waals surface area contributed by atoms with Crippen molar-refractivity contribution in [2.24, 2.45) is 0 Å². The van der Waals surface area contributed by atoms with Gasteiger partial charge in [0, 0.05) is 7.11 Å². The number of carbonyl (C=O) groups is 1. The van der Waals surface area contributed by atoms with E-state index in [1.165, 1.54) is 26.4 Å². The minimum absolute atomic E-state index is 0.00235. The summed E-state index contributed by atoms with van der Waals surface area (Å²) in [5.41, 5.74) is 1.42. The van der Waals surface area contributed by atoms with Gasteiger partial charge in [0.05, 0.1) is 7.11 Å². The third-order valence-corrected chi connectivity index (χ3v) is 3.48. The number of esters is 1. The highest BCUT2D eigenvalue weighted by Gasteiger charge is 2.33. The Morgan fingerprint density at radius 3 is 2.22 bits per heavy atom. The Hall–Kier alpha value is -2.24. The smallest absolute Gasteiger partial charge is 0.316 e. The Bertz CT molecular complexity index is 613. The summed E-state index contributed by atoms with van der Waals surface area (Å²) in [7, 11) is 2.83. The van der Waals surface area contributed by atoms with Crippen LogP contribution in [0.3, 0.4) is 0 Å². The van der Waals surface area contributed by atoms with Gasteiger partial charge in [-0.3, -0.25) is 4.79 Å². The Balaban J connectivity index is 2.43. The zero-order valence-corrected chi connectivity index (χ0v) is 13.1. The van der Waals surface area contributed by atoms with Crippen LogP contribution in [0.15, 0.2) is 54.6 Å². The number of carbonyl (C=O) groups excluding carboxylic acids is 1. The first-order valence-electron chi connectivity index (χ1n) is 7.16. The molecule has 0 unspecified atom stereocenters. The number of rotatable bonds is 7. The number of ether oxygens (including phenoxy) is 3. The van der Waals surface area contributed by atoms with Crippen molar-refractivity contribution in [3.63, 3.8) is 0 Å². The van der Waals surface area contributed by atoms with E-state index in [4.69, 9.17) is 14.2 Å². The summed E-state index contributed by atoms with van der Waals surface area (Å²) in [6.45, 7) is 0.00235. The molecule has 0 aliphatic carbocycles. The van der Waals surface area contributed by atoms with Crippen molar-refractivity contribution < 1.29 is 23.4 Å². The zero-order valence-electron chi connectivity index (χ0n) is 13.1. The fraction of sp³-hybridized carbons (Fsp3) is 0.278. The van der Waals surface area contributed by atoms with Crippen LogP contribution in [-0.4, -0.2) is 27.0 Å². The van der Waals surface area contributed by atoms with Crippen molar-refractivity contribution in [2.45, 2.75) is 12.0 Å². The van der Waals surface area contributed by atoms with Crippen molar-refractivity contribution in [2.75, 3.05) is 21.0 Å². The molecule has 0 amide bonds. The van der Waals surface area contributed by atoms with E-state index in [1.54, 1.807) is 12.1 Å². The first-order chi connectivity index (χ1) is 11.2. The Morgan fingerprint density at radius 2 is 1.65 bits per heavy atom. The fourth-order valence-corrected chi connectivity index (χ4v) is 2.40. The molecule has 5 heteroatoms.